The molecule has 2 atom stereocenters. The van der Waals surface area contributed by atoms with Crippen molar-refractivity contribution in [1.29, 1.82) is 0 Å². The topological polar surface area (TPSA) is 74.6 Å². The van der Waals surface area contributed by atoms with Crippen LogP contribution in [0.25, 0.3) is 0 Å². The first-order valence-corrected chi connectivity index (χ1v) is 12.6. The second-order valence-corrected chi connectivity index (χ2v) is 9.53. The van der Waals surface area contributed by atoms with E-state index >= 15 is 0 Å². The molecule has 4 nitrogen and oxygen atoms in total. The minimum Gasteiger partial charge on any atom is -0.393 e. The maximum atomic E-state index is 11.5. The zero-order valence-corrected chi connectivity index (χ0v) is 18.1. The Balaban J connectivity index is 3.72. The first kappa shape index (κ1) is 25.9. The Morgan fingerprint density at radius 1 is 0.615 bits per heavy atom. The van der Waals surface area contributed by atoms with Gasteiger partial charge in [-0.3, -0.25) is 4.55 Å². The molecule has 158 valence electrons. The molecule has 0 rings (SSSR count). The summed E-state index contributed by atoms with van der Waals surface area (Å²) >= 11 is 0. The highest BCUT2D eigenvalue weighted by Gasteiger charge is 2.22. The smallest absolute Gasteiger partial charge is 0.267 e. The first-order chi connectivity index (χ1) is 12.4. The molecule has 0 aliphatic heterocycles. The third-order valence-corrected chi connectivity index (χ3v) is 6.55. The van der Waals surface area contributed by atoms with Crippen molar-refractivity contribution in [2.75, 3.05) is 0 Å². The summed E-state index contributed by atoms with van der Waals surface area (Å²) < 4.78 is 32.5. The first-order valence-electron chi connectivity index (χ1n) is 11.1. The normalized spacial score (nSPS) is 14.5. The van der Waals surface area contributed by atoms with Gasteiger partial charge in [0.1, 0.15) is 0 Å². The fraction of sp³-hybridized carbons (Fsp3) is 1.00. The molecule has 0 aromatic carbocycles. The van der Waals surface area contributed by atoms with E-state index in [1.807, 2.05) is 6.92 Å². The summed E-state index contributed by atoms with van der Waals surface area (Å²) in [5.41, 5.74) is 0. The maximum Gasteiger partial charge on any atom is 0.267 e. The van der Waals surface area contributed by atoms with E-state index in [0.29, 0.717) is 25.7 Å². The molecule has 26 heavy (non-hydrogen) atoms. The SMILES string of the molecule is CCCCCCCCCCCCCC(CCCC(O)CCC)S(=O)(=O)O. The molecular formula is C21H44O4S. The molecule has 2 N–H and O–H groups in total. The third-order valence-electron chi connectivity index (χ3n) is 5.24. The summed E-state index contributed by atoms with van der Waals surface area (Å²) in [4.78, 5) is 0. The molecule has 0 heterocycles. The van der Waals surface area contributed by atoms with Gasteiger partial charge in [0, 0.05) is 0 Å². The van der Waals surface area contributed by atoms with Crippen molar-refractivity contribution in [3.05, 3.63) is 0 Å². The van der Waals surface area contributed by atoms with E-state index in [1.54, 1.807) is 0 Å². The molecule has 5 heteroatoms. The van der Waals surface area contributed by atoms with Crippen LogP contribution in [0.5, 0.6) is 0 Å². The summed E-state index contributed by atoms with van der Waals surface area (Å²) in [6.07, 6.45) is 17.2. The average molecular weight is 393 g/mol. The van der Waals surface area contributed by atoms with Crippen molar-refractivity contribution < 1.29 is 18.1 Å². The zero-order chi connectivity index (χ0) is 19.7. The molecular weight excluding hydrogens is 348 g/mol. The fourth-order valence-electron chi connectivity index (χ4n) is 3.54. The van der Waals surface area contributed by atoms with Crippen molar-refractivity contribution in [3.8, 4) is 0 Å². The number of hydrogen-bond acceptors (Lipinski definition) is 3. The lowest BCUT2D eigenvalue weighted by atomic mass is 10.0. The van der Waals surface area contributed by atoms with Crippen molar-refractivity contribution in [2.24, 2.45) is 0 Å². The Bertz CT molecular complexity index is 395. The molecule has 0 saturated heterocycles. The van der Waals surface area contributed by atoms with Crippen LogP contribution in [-0.2, 0) is 10.1 Å². The van der Waals surface area contributed by atoms with Crippen LogP contribution in [0.15, 0.2) is 0 Å². The quantitative estimate of drug-likeness (QED) is 0.200. The lowest BCUT2D eigenvalue weighted by Gasteiger charge is -2.15. The van der Waals surface area contributed by atoms with Crippen molar-refractivity contribution in [2.45, 2.75) is 134 Å². The Labute approximate surface area is 162 Å². The largest absolute Gasteiger partial charge is 0.393 e. The highest BCUT2D eigenvalue weighted by atomic mass is 32.2. The van der Waals surface area contributed by atoms with Crippen LogP contribution >= 0.6 is 0 Å². The second-order valence-electron chi connectivity index (χ2n) is 7.83. The van der Waals surface area contributed by atoms with Crippen LogP contribution in [0, 0.1) is 0 Å². The van der Waals surface area contributed by atoms with Gasteiger partial charge in [-0.25, -0.2) is 0 Å². The predicted molar refractivity (Wildman–Crippen MR) is 111 cm³/mol. The van der Waals surface area contributed by atoms with E-state index in [-0.39, 0.29) is 6.10 Å². The van der Waals surface area contributed by atoms with Crippen molar-refractivity contribution in [3.63, 3.8) is 0 Å². The number of aliphatic hydroxyl groups is 1. The molecule has 2 unspecified atom stereocenters. The van der Waals surface area contributed by atoms with Crippen LogP contribution in [0.3, 0.4) is 0 Å². The molecule has 0 bridgehead atoms. The Kier molecular flexibility index (Phi) is 16.9. The Morgan fingerprint density at radius 2 is 1.08 bits per heavy atom. The van der Waals surface area contributed by atoms with Gasteiger partial charge in [0.2, 0.25) is 0 Å². The Morgan fingerprint density at radius 3 is 1.54 bits per heavy atom. The van der Waals surface area contributed by atoms with Gasteiger partial charge >= 0.3 is 0 Å². The van der Waals surface area contributed by atoms with Gasteiger partial charge in [-0.2, -0.15) is 8.42 Å². The van der Waals surface area contributed by atoms with Crippen molar-refractivity contribution >= 4 is 10.1 Å². The van der Waals surface area contributed by atoms with Crippen LogP contribution in [-0.4, -0.2) is 29.4 Å². The van der Waals surface area contributed by atoms with Gasteiger partial charge in [0.25, 0.3) is 10.1 Å². The molecule has 0 aromatic heterocycles. The number of rotatable bonds is 19. The minimum atomic E-state index is -3.97. The molecule has 0 saturated carbocycles. The standard InChI is InChI=1S/C21H44O4S/c1-3-5-6-7-8-9-10-11-12-13-14-18-21(26(23,24)25)19-15-17-20(22)16-4-2/h20-22H,3-19H2,1-2H3,(H,23,24,25). The predicted octanol–water partition coefficient (Wildman–Crippen LogP) is 6.28. The van der Waals surface area contributed by atoms with Gasteiger partial charge in [0.15, 0.2) is 0 Å². The van der Waals surface area contributed by atoms with E-state index in [9.17, 15) is 18.1 Å². The number of unbranched alkanes of at least 4 members (excludes halogenated alkanes) is 10. The maximum absolute atomic E-state index is 11.5. The van der Waals surface area contributed by atoms with Crippen LogP contribution in [0.2, 0.25) is 0 Å². The second kappa shape index (κ2) is 17.0. The van der Waals surface area contributed by atoms with Gasteiger partial charge < -0.3 is 5.11 Å². The average Bonchev–Trinajstić information content (AvgIpc) is 2.57. The molecule has 0 aliphatic carbocycles. The molecule has 0 aromatic rings. The molecule has 0 radical (unpaired) electrons. The molecule has 0 aliphatic rings. The van der Waals surface area contributed by atoms with Crippen LogP contribution in [0.4, 0.5) is 0 Å². The monoisotopic (exact) mass is 392 g/mol. The van der Waals surface area contributed by atoms with Gasteiger partial charge in [-0.1, -0.05) is 90.9 Å². The summed E-state index contributed by atoms with van der Waals surface area (Å²) in [6.45, 7) is 4.26. The summed E-state index contributed by atoms with van der Waals surface area (Å²) in [6, 6.07) is 0. The lowest BCUT2D eigenvalue weighted by molar-refractivity contribution is 0.150. The zero-order valence-electron chi connectivity index (χ0n) is 17.3. The molecule has 0 fully saturated rings. The Hall–Kier alpha value is -0.130. The van der Waals surface area contributed by atoms with E-state index in [0.717, 1.165) is 32.1 Å². The third kappa shape index (κ3) is 16.1. The number of aliphatic hydroxyl groups excluding tert-OH is 1. The van der Waals surface area contributed by atoms with Crippen molar-refractivity contribution in [1.82, 2.24) is 0 Å². The van der Waals surface area contributed by atoms with Gasteiger partial charge in [-0.05, 0) is 32.1 Å². The summed E-state index contributed by atoms with van der Waals surface area (Å²) in [5.74, 6) is 0. The number of hydrogen-bond donors (Lipinski definition) is 2. The van der Waals surface area contributed by atoms with Gasteiger partial charge in [-0.15, -0.1) is 0 Å². The highest BCUT2D eigenvalue weighted by molar-refractivity contribution is 7.86. The van der Waals surface area contributed by atoms with E-state index in [4.69, 9.17) is 0 Å². The molecule has 0 spiro atoms. The summed E-state index contributed by atoms with van der Waals surface area (Å²) in [5, 5.41) is 9.07. The fourth-order valence-corrected chi connectivity index (χ4v) is 4.47. The van der Waals surface area contributed by atoms with Crippen LogP contribution in [0.1, 0.15) is 123 Å². The van der Waals surface area contributed by atoms with Crippen LogP contribution < -0.4 is 0 Å². The lowest BCUT2D eigenvalue weighted by Crippen LogP contribution is -2.21. The van der Waals surface area contributed by atoms with E-state index in [1.165, 1.54) is 51.4 Å². The van der Waals surface area contributed by atoms with E-state index in [2.05, 4.69) is 6.92 Å². The minimum absolute atomic E-state index is 0.344. The van der Waals surface area contributed by atoms with E-state index < -0.39 is 15.4 Å². The van der Waals surface area contributed by atoms with Gasteiger partial charge in [0.05, 0.1) is 11.4 Å². The highest BCUT2D eigenvalue weighted by Crippen LogP contribution is 2.19. The summed E-state index contributed by atoms with van der Waals surface area (Å²) in [7, 11) is -3.97. The molecule has 0 amide bonds.